The molecule has 2 rings (SSSR count). The van der Waals surface area contributed by atoms with E-state index in [9.17, 15) is 9.59 Å². The molecule has 1 aromatic rings. The molecule has 2 amide bonds. The monoisotopic (exact) mass is 482 g/mol. The summed E-state index contributed by atoms with van der Waals surface area (Å²) < 4.78 is 7.80. The Balaban J connectivity index is 0.00000164. The predicted molar refractivity (Wildman–Crippen MR) is 137 cm³/mol. The highest BCUT2D eigenvalue weighted by Crippen LogP contribution is 2.28. The quantitative estimate of drug-likeness (QED) is 0.445. The molecule has 0 aliphatic heterocycles. The van der Waals surface area contributed by atoms with Crippen molar-refractivity contribution in [2.24, 2.45) is 23.5 Å². The molecule has 34 heavy (non-hydrogen) atoms. The maximum absolute atomic E-state index is 12.4. The molecule has 9 nitrogen and oxygen atoms in total. The minimum atomic E-state index is -0.333. The van der Waals surface area contributed by atoms with Gasteiger partial charge in [0.05, 0.1) is 24.9 Å². The van der Waals surface area contributed by atoms with Gasteiger partial charge in [-0.1, -0.05) is 32.9 Å². The van der Waals surface area contributed by atoms with Crippen LogP contribution in [-0.4, -0.2) is 52.6 Å². The number of nitrogens with zero attached hydrogens (tertiary/aromatic N) is 3. The lowest BCUT2D eigenvalue weighted by Gasteiger charge is -2.27. The highest BCUT2D eigenvalue weighted by atomic mass is 16.5. The number of nitrogens with two attached hydrogens (primary N) is 1. The van der Waals surface area contributed by atoms with E-state index in [0.717, 1.165) is 50.9 Å². The molecule has 0 spiro atoms. The molecule has 1 aliphatic carbocycles. The average molecular weight is 483 g/mol. The van der Waals surface area contributed by atoms with Crippen LogP contribution < -0.4 is 16.4 Å². The molecule has 198 valence electrons. The van der Waals surface area contributed by atoms with Crippen molar-refractivity contribution in [1.29, 1.82) is 0 Å². The fourth-order valence-electron chi connectivity index (χ4n) is 3.74. The highest BCUT2D eigenvalue weighted by molar-refractivity contribution is 5.78. The average Bonchev–Trinajstić information content (AvgIpc) is 3.20. The number of aromatic nitrogens is 3. The van der Waals surface area contributed by atoms with E-state index >= 15 is 0 Å². The van der Waals surface area contributed by atoms with Gasteiger partial charge in [-0.05, 0) is 71.4 Å². The number of rotatable bonds is 11. The third-order valence-corrected chi connectivity index (χ3v) is 5.47. The summed E-state index contributed by atoms with van der Waals surface area (Å²) in [6.45, 7) is 16.7. The normalized spacial score (nSPS) is 17.8. The molecule has 1 aromatic heterocycles. The van der Waals surface area contributed by atoms with Crippen LogP contribution in [-0.2, 0) is 27.4 Å². The topological polar surface area (TPSA) is 124 Å². The van der Waals surface area contributed by atoms with Crippen molar-refractivity contribution in [1.82, 2.24) is 25.6 Å². The summed E-state index contributed by atoms with van der Waals surface area (Å²) in [7, 11) is 1.99. The molecule has 0 atom stereocenters. The second kappa shape index (κ2) is 17.4. The van der Waals surface area contributed by atoms with Gasteiger partial charge in [0.25, 0.3) is 0 Å². The van der Waals surface area contributed by atoms with Crippen LogP contribution in [0.1, 0.15) is 86.3 Å². The lowest BCUT2D eigenvalue weighted by atomic mass is 9.81. The number of carbonyl (C=O) groups is 2. The molecular formula is C25H50N6O3. The SMILES string of the molecule is CC.CC(N)=O.CNCC1CCC(C(=O)NCc2cn(CC(C)(C)OCCC(C)C)nn2)CC1. The van der Waals surface area contributed by atoms with E-state index in [1.807, 2.05) is 27.1 Å². The first-order valence-electron chi connectivity index (χ1n) is 12.7. The van der Waals surface area contributed by atoms with Crippen LogP contribution in [0.25, 0.3) is 0 Å². The van der Waals surface area contributed by atoms with E-state index in [0.29, 0.717) is 24.9 Å². The first-order valence-corrected chi connectivity index (χ1v) is 12.7. The molecular weight excluding hydrogens is 432 g/mol. The Bertz CT molecular complexity index is 678. The van der Waals surface area contributed by atoms with E-state index in [1.54, 1.807) is 4.68 Å². The van der Waals surface area contributed by atoms with E-state index in [1.165, 1.54) is 6.92 Å². The first-order chi connectivity index (χ1) is 16.0. The van der Waals surface area contributed by atoms with Gasteiger partial charge in [0.1, 0.15) is 5.69 Å². The summed E-state index contributed by atoms with van der Waals surface area (Å²) in [6.07, 6.45) is 7.16. The first kappa shape index (κ1) is 32.0. The molecule has 1 fully saturated rings. The molecule has 0 unspecified atom stereocenters. The number of nitrogens with one attached hydrogen (secondary N) is 2. The lowest BCUT2D eigenvalue weighted by molar-refractivity contribution is -0.126. The van der Waals surface area contributed by atoms with Gasteiger partial charge in [-0.15, -0.1) is 5.10 Å². The smallest absolute Gasteiger partial charge is 0.223 e. The fraction of sp³-hybridized carbons (Fsp3) is 0.840. The Morgan fingerprint density at radius 1 is 1.24 bits per heavy atom. The number of amides is 2. The van der Waals surface area contributed by atoms with E-state index in [2.05, 4.69) is 54.4 Å². The summed E-state index contributed by atoms with van der Waals surface area (Å²) in [5, 5.41) is 14.7. The summed E-state index contributed by atoms with van der Waals surface area (Å²) in [5.74, 6) is 1.29. The lowest BCUT2D eigenvalue weighted by Crippen LogP contribution is -2.34. The maximum atomic E-state index is 12.4. The van der Waals surface area contributed by atoms with Gasteiger partial charge < -0.3 is 21.1 Å². The third-order valence-electron chi connectivity index (χ3n) is 5.47. The molecule has 0 radical (unpaired) electrons. The predicted octanol–water partition coefficient (Wildman–Crippen LogP) is 3.28. The molecule has 1 heterocycles. The zero-order valence-electron chi connectivity index (χ0n) is 22.8. The van der Waals surface area contributed by atoms with Crippen molar-refractivity contribution < 1.29 is 14.3 Å². The number of ether oxygens (including phenoxy) is 1. The second-order valence-electron chi connectivity index (χ2n) is 9.80. The minimum Gasteiger partial charge on any atom is -0.374 e. The van der Waals surface area contributed by atoms with Crippen LogP contribution in [0.3, 0.4) is 0 Å². The van der Waals surface area contributed by atoms with Crippen LogP contribution in [0, 0.1) is 17.8 Å². The van der Waals surface area contributed by atoms with E-state index in [-0.39, 0.29) is 23.3 Å². The van der Waals surface area contributed by atoms with Gasteiger partial charge in [-0.2, -0.15) is 0 Å². The van der Waals surface area contributed by atoms with E-state index in [4.69, 9.17) is 4.74 Å². The van der Waals surface area contributed by atoms with Gasteiger partial charge in [0, 0.05) is 19.4 Å². The Morgan fingerprint density at radius 2 is 1.82 bits per heavy atom. The van der Waals surface area contributed by atoms with Crippen molar-refractivity contribution in [3.63, 3.8) is 0 Å². The molecule has 0 bridgehead atoms. The molecule has 9 heteroatoms. The van der Waals surface area contributed by atoms with E-state index < -0.39 is 0 Å². The van der Waals surface area contributed by atoms with Crippen molar-refractivity contribution in [2.45, 2.75) is 99.3 Å². The van der Waals surface area contributed by atoms with Crippen LogP contribution in [0.5, 0.6) is 0 Å². The number of hydrogen-bond donors (Lipinski definition) is 3. The summed E-state index contributed by atoms with van der Waals surface area (Å²) in [4.78, 5) is 21.7. The molecule has 1 saturated carbocycles. The Kier molecular flexibility index (Phi) is 16.4. The van der Waals surface area contributed by atoms with Gasteiger partial charge in [0.15, 0.2) is 0 Å². The van der Waals surface area contributed by atoms with Crippen molar-refractivity contribution in [3.05, 3.63) is 11.9 Å². The number of hydrogen-bond acceptors (Lipinski definition) is 6. The Morgan fingerprint density at radius 3 is 2.35 bits per heavy atom. The number of primary amides is 1. The number of carbonyl (C=O) groups excluding carboxylic acids is 2. The highest BCUT2D eigenvalue weighted by Gasteiger charge is 2.26. The zero-order valence-corrected chi connectivity index (χ0v) is 22.8. The van der Waals surface area contributed by atoms with Crippen molar-refractivity contribution in [3.8, 4) is 0 Å². The fourth-order valence-corrected chi connectivity index (χ4v) is 3.74. The Hall–Kier alpha value is -2.00. The van der Waals surface area contributed by atoms with Crippen molar-refractivity contribution in [2.75, 3.05) is 20.2 Å². The summed E-state index contributed by atoms with van der Waals surface area (Å²) in [5.41, 5.74) is 4.96. The molecule has 0 aromatic carbocycles. The van der Waals surface area contributed by atoms with Crippen LogP contribution in [0.4, 0.5) is 0 Å². The van der Waals surface area contributed by atoms with Gasteiger partial charge in [-0.25, -0.2) is 4.68 Å². The maximum Gasteiger partial charge on any atom is 0.223 e. The standard InChI is InChI=1S/C21H39N5O2.C2H5NO.C2H6/c1-16(2)10-11-28-21(3,4)15-26-14-19(24-25-26)13-23-20(27)18-8-6-17(7-9-18)12-22-5;1-2(3)4;1-2/h14,16-18,22H,6-13,15H2,1-5H3,(H,23,27);1H3,(H2,3,4);1-2H3. The zero-order chi connectivity index (χ0) is 26.1. The Labute approximate surface area is 207 Å². The third kappa shape index (κ3) is 15.0. The van der Waals surface area contributed by atoms with Crippen LogP contribution in [0.15, 0.2) is 6.20 Å². The second-order valence-corrected chi connectivity index (χ2v) is 9.80. The summed E-state index contributed by atoms with van der Waals surface area (Å²) >= 11 is 0. The van der Waals surface area contributed by atoms with Gasteiger partial charge >= 0.3 is 0 Å². The molecule has 0 saturated heterocycles. The molecule has 1 aliphatic rings. The largest absolute Gasteiger partial charge is 0.374 e. The van der Waals surface area contributed by atoms with Crippen molar-refractivity contribution >= 4 is 11.8 Å². The van der Waals surface area contributed by atoms with Crippen LogP contribution in [0.2, 0.25) is 0 Å². The minimum absolute atomic E-state index is 0.136. The van der Waals surface area contributed by atoms with Gasteiger partial charge in [0.2, 0.25) is 11.8 Å². The summed E-state index contributed by atoms with van der Waals surface area (Å²) in [6, 6.07) is 0. The van der Waals surface area contributed by atoms with Crippen LogP contribution >= 0.6 is 0 Å². The van der Waals surface area contributed by atoms with Gasteiger partial charge in [-0.3, -0.25) is 9.59 Å². The molecule has 4 N–H and O–H groups in total.